The van der Waals surface area contributed by atoms with Gasteiger partial charge in [-0.05, 0) is 30.3 Å². The van der Waals surface area contributed by atoms with Crippen LogP contribution in [0.5, 0.6) is 0 Å². The number of carbonyl (C=O) groups is 2. The molecule has 1 aliphatic rings. The number of hydrogen-bond acceptors (Lipinski definition) is 7. The summed E-state index contributed by atoms with van der Waals surface area (Å²) in [6, 6.07) is 17.0. The summed E-state index contributed by atoms with van der Waals surface area (Å²) in [4.78, 5) is 29.0. The number of benzene rings is 2. The van der Waals surface area contributed by atoms with Gasteiger partial charge in [0.2, 0.25) is 10.9 Å². The maximum Gasteiger partial charge on any atom is 0.286 e. The summed E-state index contributed by atoms with van der Waals surface area (Å²) in [6.45, 7) is 2.95. The lowest BCUT2D eigenvalue weighted by molar-refractivity contribution is -0.128. The molecule has 32 heavy (non-hydrogen) atoms. The topological polar surface area (TPSA) is 78.4 Å². The van der Waals surface area contributed by atoms with Gasteiger partial charge in [-0.25, -0.2) is 0 Å². The van der Waals surface area contributed by atoms with Crippen molar-refractivity contribution >= 4 is 57.9 Å². The van der Waals surface area contributed by atoms with Crippen LogP contribution in [-0.2, 0) is 10.5 Å². The normalized spacial score (nSPS) is 13.8. The van der Waals surface area contributed by atoms with E-state index in [9.17, 15) is 9.59 Å². The first-order valence-corrected chi connectivity index (χ1v) is 12.5. The maximum absolute atomic E-state index is 12.6. The molecular formula is C22H22ClN5O2S2. The Kier molecular flexibility index (Phi) is 7.62. The second kappa shape index (κ2) is 10.8. The molecule has 166 valence electrons. The molecule has 0 bridgehead atoms. The van der Waals surface area contributed by atoms with Crippen LogP contribution in [0.4, 0.5) is 11.4 Å². The first-order chi connectivity index (χ1) is 15.6. The van der Waals surface area contributed by atoms with Gasteiger partial charge in [0.25, 0.3) is 5.91 Å². The predicted molar refractivity (Wildman–Crippen MR) is 131 cm³/mol. The van der Waals surface area contributed by atoms with Crippen molar-refractivity contribution < 1.29 is 9.59 Å². The number of carbonyl (C=O) groups excluding carboxylic acids is 2. The minimum Gasteiger partial charge on any atom is -0.368 e. The van der Waals surface area contributed by atoms with E-state index in [4.69, 9.17) is 11.6 Å². The molecule has 2 heterocycles. The van der Waals surface area contributed by atoms with Gasteiger partial charge >= 0.3 is 0 Å². The van der Waals surface area contributed by atoms with E-state index >= 15 is 0 Å². The van der Waals surface area contributed by atoms with Gasteiger partial charge in [0.15, 0.2) is 0 Å². The van der Waals surface area contributed by atoms with E-state index in [0.29, 0.717) is 35.3 Å². The fraction of sp³-hybridized carbons (Fsp3) is 0.273. The van der Waals surface area contributed by atoms with Crippen LogP contribution in [0, 0.1) is 0 Å². The quantitative estimate of drug-likeness (QED) is 0.542. The molecule has 1 aromatic heterocycles. The number of amides is 2. The zero-order valence-electron chi connectivity index (χ0n) is 17.2. The number of halogens is 1. The highest BCUT2D eigenvalue weighted by molar-refractivity contribution is 7.99. The second-order valence-corrected chi connectivity index (χ2v) is 9.65. The van der Waals surface area contributed by atoms with Crippen molar-refractivity contribution in [3.8, 4) is 0 Å². The molecule has 0 unspecified atom stereocenters. The number of anilines is 2. The Labute approximate surface area is 199 Å². The van der Waals surface area contributed by atoms with Crippen LogP contribution in [0.15, 0.2) is 54.6 Å². The van der Waals surface area contributed by atoms with E-state index in [0.717, 1.165) is 28.8 Å². The molecule has 0 aliphatic carbocycles. The molecule has 2 amide bonds. The second-order valence-electron chi connectivity index (χ2n) is 7.16. The molecule has 3 aromatic rings. The zero-order chi connectivity index (χ0) is 22.3. The van der Waals surface area contributed by atoms with Gasteiger partial charge < -0.3 is 15.1 Å². The standard InChI is InChI=1S/C22H22ClN5O2S2/c23-16-5-4-8-18(13-16)27-9-11-28(12-10-27)20(29)15-31-14-19-25-26-22(32-19)21(30)24-17-6-2-1-3-7-17/h1-8,13H,9-12,14-15H2,(H,24,30). The summed E-state index contributed by atoms with van der Waals surface area (Å²) in [7, 11) is 0. The summed E-state index contributed by atoms with van der Waals surface area (Å²) in [5, 5.41) is 12.6. The highest BCUT2D eigenvalue weighted by Gasteiger charge is 2.21. The van der Waals surface area contributed by atoms with E-state index in [-0.39, 0.29) is 11.8 Å². The first kappa shape index (κ1) is 22.6. The van der Waals surface area contributed by atoms with E-state index in [1.807, 2.05) is 59.5 Å². The number of rotatable bonds is 7. The van der Waals surface area contributed by atoms with Gasteiger partial charge in [-0.15, -0.1) is 22.0 Å². The Morgan fingerprint density at radius 1 is 1.03 bits per heavy atom. The first-order valence-electron chi connectivity index (χ1n) is 10.1. The van der Waals surface area contributed by atoms with Crippen molar-refractivity contribution in [2.45, 2.75) is 5.75 Å². The number of aromatic nitrogens is 2. The van der Waals surface area contributed by atoms with Crippen LogP contribution < -0.4 is 10.2 Å². The third kappa shape index (κ3) is 5.99. The minimum absolute atomic E-state index is 0.118. The summed E-state index contributed by atoms with van der Waals surface area (Å²) in [5.41, 5.74) is 1.80. The van der Waals surface area contributed by atoms with Gasteiger partial charge in [0.05, 0.1) is 5.75 Å². The average molecular weight is 488 g/mol. The monoisotopic (exact) mass is 487 g/mol. The van der Waals surface area contributed by atoms with E-state index in [1.165, 1.54) is 23.1 Å². The number of hydrogen-bond donors (Lipinski definition) is 1. The molecule has 4 rings (SSSR count). The van der Waals surface area contributed by atoms with Crippen LogP contribution in [0.1, 0.15) is 14.8 Å². The van der Waals surface area contributed by atoms with Crippen molar-refractivity contribution in [3.05, 3.63) is 69.6 Å². The van der Waals surface area contributed by atoms with Crippen LogP contribution in [0.2, 0.25) is 5.02 Å². The Balaban J connectivity index is 1.20. The van der Waals surface area contributed by atoms with Gasteiger partial charge in [-0.3, -0.25) is 9.59 Å². The molecule has 0 radical (unpaired) electrons. The zero-order valence-corrected chi connectivity index (χ0v) is 19.6. The van der Waals surface area contributed by atoms with Crippen molar-refractivity contribution in [2.24, 2.45) is 0 Å². The number of nitrogens with one attached hydrogen (secondary N) is 1. The highest BCUT2D eigenvalue weighted by atomic mass is 35.5. The number of nitrogens with zero attached hydrogens (tertiary/aromatic N) is 4. The van der Waals surface area contributed by atoms with E-state index in [2.05, 4.69) is 20.4 Å². The van der Waals surface area contributed by atoms with Crippen LogP contribution in [0.3, 0.4) is 0 Å². The van der Waals surface area contributed by atoms with Crippen molar-refractivity contribution in [1.29, 1.82) is 0 Å². The molecule has 7 nitrogen and oxygen atoms in total. The van der Waals surface area contributed by atoms with Gasteiger partial charge in [0, 0.05) is 48.3 Å². The largest absolute Gasteiger partial charge is 0.368 e. The molecular weight excluding hydrogens is 466 g/mol. The van der Waals surface area contributed by atoms with Crippen LogP contribution >= 0.6 is 34.7 Å². The molecule has 10 heteroatoms. The maximum atomic E-state index is 12.6. The summed E-state index contributed by atoms with van der Waals surface area (Å²) in [5.74, 6) is 0.762. The number of piperazine rings is 1. The fourth-order valence-corrected chi connectivity index (χ4v) is 5.21. The lowest BCUT2D eigenvalue weighted by Gasteiger charge is -2.36. The molecule has 1 aliphatic heterocycles. The number of thioether (sulfide) groups is 1. The summed E-state index contributed by atoms with van der Waals surface area (Å²) < 4.78 is 0. The van der Waals surface area contributed by atoms with Gasteiger partial charge in [0.1, 0.15) is 5.01 Å². The SMILES string of the molecule is O=C(Nc1ccccc1)c1nnc(CSCC(=O)N2CCN(c3cccc(Cl)c3)CC2)s1. The van der Waals surface area contributed by atoms with Crippen LogP contribution in [0.25, 0.3) is 0 Å². The Bertz CT molecular complexity index is 1070. The summed E-state index contributed by atoms with van der Waals surface area (Å²) in [6.07, 6.45) is 0. The van der Waals surface area contributed by atoms with Gasteiger partial charge in [-0.2, -0.15) is 0 Å². The van der Waals surface area contributed by atoms with Crippen LogP contribution in [-0.4, -0.2) is 58.8 Å². The Hall–Kier alpha value is -2.62. The highest BCUT2D eigenvalue weighted by Crippen LogP contribution is 2.22. The lowest BCUT2D eigenvalue weighted by Crippen LogP contribution is -2.49. The van der Waals surface area contributed by atoms with Crippen molar-refractivity contribution in [1.82, 2.24) is 15.1 Å². The Morgan fingerprint density at radius 3 is 2.56 bits per heavy atom. The number of para-hydroxylation sites is 1. The smallest absolute Gasteiger partial charge is 0.286 e. The molecule has 2 aromatic carbocycles. The average Bonchev–Trinajstić information content (AvgIpc) is 3.29. The molecule has 1 fully saturated rings. The third-order valence-corrected chi connectivity index (χ3v) is 7.22. The predicted octanol–water partition coefficient (Wildman–Crippen LogP) is 4.03. The lowest BCUT2D eigenvalue weighted by atomic mass is 10.2. The molecule has 1 saturated heterocycles. The van der Waals surface area contributed by atoms with E-state index in [1.54, 1.807) is 0 Å². The Morgan fingerprint density at radius 2 is 1.81 bits per heavy atom. The molecule has 1 N–H and O–H groups in total. The molecule has 0 saturated carbocycles. The molecule has 0 atom stereocenters. The molecule has 0 spiro atoms. The third-order valence-electron chi connectivity index (χ3n) is 4.95. The van der Waals surface area contributed by atoms with Crippen molar-refractivity contribution in [3.63, 3.8) is 0 Å². The van der Waals surface area contributed by atoms with Gasteiger partial charge in [-0.1, -0.05) is 47.2 Å². The van der Waals surface area contributed by atoms with E-state index < -0.39 is 0 Å². The van der Waals surface area contributed by atoms with Crippen molar-refractivity contribution in [2.75, 3.05) is 42.1 Å². The minimum atomic E-state index is -0.279. The summed E-state index contributed by atoms with van der Waals surface area (Å²) >= 11 is 8.82. The fourth-order valence-electron chi connectivity index (χ4n) is 3.31.